The van der Waals surface area contributed by atoms with E-state index in [4.69, 9.17) is 0 Å². The Bertz CT molecular complexity index is 494. The largest absolute Gasteiger partial charge is 0.340 e. The number of nitrogens with zero attached hydrogens (tertiary/aromatic N) is 1. The maximum atomic E-state index is 4.53. The van der Waals surface area contributed by atoms with Gasteiger partial charge in [0.1, 0.15) is 0 Å². The Morgan fingerprint density at radius 2 is 1.84 bits per heavy atom. The molecule has 1 aromatic heterocycles. The predicted octanol–water partition coefficient (Wildman–Crippen LogP) is 2.51. The Hall–Kier alpha value is -1.19. The summed E-state index contributed by atoms with van der Waals surface area (Å²) in [6.45, 7) is 1.14. The van der Waals surface area contributed by atoms with Crippen molar-refractivity contribution in [3.8, 4) is 0 Å². The fourth-order valence-corrected chi connectivity index (χ4v) is 2.46. The Balaban J connectivity index is 2.26. The van der Waals surface area contributed by atoms with E-state index in [-0.39, 0.29) is 0 Å². The summed E-state index contributed by atoms with van der Waals surface area (Å²) in [7, 11) is 4.38. The van der Waals surface area contributed by atoms with Crippen LogP contribution in [-0.4, -0.2) is 25.6 Å². The van der Waals surface area contributed by atoms with Crippen LogP contribution in [0.2, 0.25) is 0 Å². The summed E-state index contributed by atoms with van der Waals surface area (Å²) >= 11 is 3.49. The van der Waals surface area contributed by atoms with Gasteiger partial charge >= 0.3 is 0 Å². The van der Waals surface area contributed by atoms with Gasteiger partial charge in [0.05, 0.1) is 20.6 Å². The van der Waals surface area contributed by atoms with Crippen molar-refractivity contribution in [1.82, 2.24) is 4.98 Å². The average Bonchev–Trinajstić information content (AvgIpc) is 2.42. The number of rotatable bonds is 5. The molecule has 0 amide bonds. The Labute approximate surface area is 123 Å². The number of aromatic nitrogens is 1. The molecule has 0 aliphatic carbocycles. The molecule has 19 heavy (non-hydrogen) atoms. The highest BCUT2D eigenvalue weighted by molar-refractivity contribution is 9.10. The first kappa shape index (κ1) is 14.2. The number of halogens is 1. The first-order chi connectivity index (χ1) is 9.16. The summed E-state index contributed by atoms with van der Waals surface area (Å²) in [5.74, 6) is 0.379. The SMILES string of the molecule is C[NH+](C)CC[C@@H](c1ccc(Br)cc1)c1ccccn1. The average molecular weight is 320 g/mol. The monoisotopic (exact) mass is 319 g/mol. The topological polar surface area (TPSA) is 17.3 Å². The first-order valence-corrected chi connectivity index (χ1v) is 7.41. The number of quaternary nitrogens is 1. The quantitative estimate of drug-likeness (QED) is 0.896. The van der Waals surface area contributed by atoms with E-state index in [0.717, 1.165) is 23.1 Å². The van der Waals surface area contributed by atoms with Gasteiger partial charge in [0.15, 0.2) is 0 Å². The van der Waals surface area contributed by atoms with Gasteiger partial charge < -0.3 is 4.90 Å². The van der Waals surface area contributed by atoms with Gasteiger partial charge in [-0.15, -0.1) is 0 Å². The molecule has 0 aliphatic rings. The van der Waals surface area contributed by atoms with Crippen LogP contribution in [0.25, 0.3) is 0 Å². The van der Waals surface area contributed by atoms with Gasteiger partial charge in [-0.3, -0.25) is 4.98 Å². The van der Waals surface area contributed by atoms with Crippen molar-refractivity contribution in [3.05, 3.63) is 64.4 Å². The molecule has 0 saturated heterocycles. The van der Waals surface area contributed by atoms with E-state index in [9.17, 15) is 0 Å². The molecule has 2 nitrogen and oxygen atoms in total. The van der Waals surface area contributed by atoms with E-state index in [0.29, 0.717) is 5.92 Å². The third-order valence-electron chi connectivity index (χ3n) is 3.25. The van der Waals surface area contributed by atoms with E-state index in [1.54, 1.807) is 0 Å². The van der Waals surface area contributed by atoms with Crippen LogP contribution in [0.3, 0.4) is 0 Å². The Morgan fingerprint density at radius 1 is 1.11 bits per heavy atom. The summed E-state index contributed by atoms with van der Waals surface area (Å²) in [6, 6.07) is 14.7. The predicted molar refractivity (Wildman–Crippen MR) is 82.5 cm³/mol. The molecule has 2 aromatic rings. The zero-order valence-electron chi connectivity index (χ0n) is 11.4. The maximum Gasteiger partial charge on any atom is 0.0776 e. The molecular formula is C16H20BrN2+. The van der Waals surface area contributed by atoms with Gasteiger partial charge in [-0.1, -0.05) is 34.1 Å². The van der Waals surface area contributed by atoms with Crippen LogP contribution in [0, 0.1) is 0 Å². The zero-order valence-corrected chi connectivity index (χ0v) is 13.0. The number of benzene rings is 1. The van der Waals surface area contributed by atoms with Crippen molar-refractivity contribution < 1.29 is 4.90 Å². The third-order valence-corrected chi connectivity index (χ3v) is 3.78. The third kappa shape index (κ3) is 4.15. The number of pyridine rings is 1. The number of nitrogens with one attached hydrogen (secondary N) is 1. The van der Waals surface area contributed by atoms with Crippen LogP contribution in [0.4, 0.5) is 0 Å². The van der Waals surface area contributed by atoms with Gasteiger partial charge in [0.25, 0.3) is 0 Å². The lowest BCUT2D eigenvalue weighted by Crippen LogP contribution is -3.05. The summed E-state index contributed by atoms with van der Waals surface area (Å²) in [5.41, 5.74) is 2.49. The summed E-state index contributed by atoms with van der Waals surface area (Å²) in [6.07, 6.45) is 2.99. The zero-order chi connectivity index (χ0) is 13.7. The van der Waals surface area contributed by atoms with Crippen LogP contribution in [0.15, 0.2) is 53.1 Å². The fourth-order valence-electron chi connectivity index (χ4n) is 2.20. The van der Waals surface area contributed by atoms with Gasteiger partial charge in [0.2, 0.25) is 0 Å². The first-order valence-electron chi connectivity index (χ1n) is 6.62. The van der Waals surface area contributed by atoms with E-state index in [1.807, 2.05) is 12.3 Å². The van der Waals surface area contributed by atoms with E-state index in [1.165, 1.54) is 10.5 Å². The second-order valence-corrected chi connectivity index (χ2v) is 6.02. The summed E-state index contributed by atoms with van der Waals surface area (Å²) in [5, 5.41) is 0. The van der Waals surface area contributed by atoms with Crippen LogP contribution in [-0.2, 0) is 0 Å². The van der Waals surface area contributed by atoms with Gasteiger partial charge in [-0.05, 0) is 29.8 Å². The molecule has 2 rings (SSSR count). The number of hydrogen-bond acceptors (Lipinski definition) is 1. The van der Waals surface area contributed by atoms with Crippen molar-refractivity contribution in [2.45, 2.75) is 12.3 Å². The molecule has 1 heterocycles. The molecule has 0 bridgehead atoms. The minimum Gasteiger partial charge on any atom is -0.340 e. The Morgan fingerprint density at radius 3 is 2.42 bits per heavy atom. The van der Waals surface area contributed by atoms with Crippen molar-refractivity contribution >= 4 is 15.9 Å². The molecule has 0 aliphatic heterocycles. The minimum atomic E-state index is 0.379. The van der Waals surface area contributed by atoms with Crippen molar-refractivity contribution in [2.75, 3.05) is 20.6 Å². The van der Waals surface area contributed by atoms with Gasteiger partial charge in [-0.2, -0.15) is 0 Å². The van der Waals surface area contributed by atoms with Crippen LogP contribution >= 0.6 is 15.9 Å². The van der Waals surface area contributed by atoms with Crippen LogP contribution < -0.4 is 4.90 Å². The normalized spacial score (nSPS) is 12.6. The number of hydrogen-bond donors (Lipinski definition) is 1. The highest BCUT2D eigenvalue weighted by Gasteiger charge is 2.16. The van der Waals surface area contributed by atoms with Gasteiger partial charge in [-0.25, -0.2) is 0 Å². The fraction of sp³-hybridized carbons (Fsp3) is 0.312. The van der Waals surface area contributed by atoms with Crippen LogP contribution in [0.1, 0.15) is 23.6 Å². The molecule has 0 fully saturated rings. The maximum absolute atomic E-state index is 4.53. The summed E-state index contributed by atoms with van der Waals surface area (Å²) in [4.78, 5) is 6.01. The van der Waals surface area contributed by atoms with Crippen molar-refractivity contribution in [1.29, 1.82) is 0 Å². The molecule has 3 heteroatoms. The van der Waals surface area contributed by atoms with Crippen LogP contribution in [0.5, 0.6) is 0 Å². The smallest absolute Gasteiger partial charge is 0.0776 e. The molecule has 1 atom stereocenters. The lowest BCUT2D eigenvalue weighted by Gasteiger charge is -2.18. The highest BCUT2D eigenvalue weighted by Crippen LogP contribution is 2.26. The molecule has 0 radical (unpaired) electrons. The Kier molecular flexibility index (Phi) is 5.11. The van der Waals surface area contributed by atoms with Crippen molar-refractivity contribution in [3.63, 3.8) is 0 Å². The molecule has 0 saturated carbocycles. The van der Waals surface area contributed by atoms with Gasteiger partial charge in [0, 0.05) is 28.7 Å². The van der Waals surface area contributed by atoms with E-state index in [2.05, 4.69) is 71.4 Å². The lowest BCUT2D eigenvalue weighted by molar-refractivity contribution is -0.858. The minimum absolute atomic E-state index is 0.379. The molecular weight excluding hydrogens is 300 g/mol. The standard InChI is InChI=1S/C16H19BrN2/c1-19(2)12-10-15(16-5-3-4-11-18-16)13-6-8-14(17)9-7-13/h3-9,11,15H,10,12H2,1-2H3/p+1/t15-/m0/s1. The van der Waals surface area contributed by atoms with E-state index >= 15 is 0 Å². The molecule has 100 valence electrons. The molecule has 0 unspecified atom stereocenters. The van der Waals surface area contributed by atoms with E-state index < -0.39 is 0 Å². The molecule has 1 aromatic carbocycles. The summed E-state index contributed by atoms with van der Waals surface area (Å²) < 4.78 is 1.12. The molecule has 1 N–H and O–H groups in total. The second kappa shape index (κ2) is 6.83. The lowest BCUT2D eigenvalue weighted by atomic mass is 9.92. The second-order valence-electron chi connectivity index (χ2n) is 5.10. The molecule has 0 spiro atoms. The van der Waals surface area contributed by atoms with Crippen molar-refractivity contribution in [2.24, 2.45) is 0 Å². The highest BCUT2D eigenvalue weighted by atomic mass is 79.9.